The van der Waals surface area contributed by atoms with Crippen molar-refractivity contribution in [2.75, 3.05) is 0 Å². The van der Waals surface area contributed by atoms with E-state index < -0.39 is 0 Å². The molecule has 0 fully saturated rings. The van der Waals surface area contributed by atoms with Crippen LogP contribution in [0, 0.1) is 5.92 Å². The van der Waals surface area contributed by atoms with Crippen LogP contribution in [0.15, 0.2) is 52.2 Å². The average Bonchev–Trinajstić information content (AvgIpc) is 2.60. The summed E-state index contributed by atoms with van der Waals surface area (Å²) in [6, 6.07) is 0. The molecule has 0 aromatic rings. The molecule has 1 heterocycles. The topological polar surface area (TPSA) is 12.4 Å². The Morgan fingerprint density at radius 2 is 2.00 bits per heavy atom. The van der Waals surface area contributed by atoms with E-state index in [9.17, 15) is 0 Å². The van der Waals surface area contributed by atoms with E-state index in [-0.39, 0.29) is 0 Å². The Balaban J connectivity index is 2.33. The molecule has 1 heteroatoms. The van der Waals surface area contributed by atoms with E-state index in [1.165, 1.54) is 22.4 Å². The lowest BCUT2D eigenvalue weighted by atomic mass is 9.87. The van der Waals surface area contributed by atoms with Gasteiger partial charge < -0.3 is 0 Å². The molecule has 0 spiro atoms. The van der Waals surface area contributed by atoms with Crippen molar-refractivity contribution in [2.45, 2.75) is 20.8 Å². The van der Waals surface area contributed by atoms with E-state index in [2.05, 4.69) is 44.0 Å². The van der Waals surface area contributed by atoms with Crippen molar-refractivity contribution < 1.29 is 0 Å². The highest BCUT2D eigenvalue weighted by Gasteiger charge is 2.23. The Morgan fingerprint density at radius 1 is 1.21 bits per heavy atom. The molecule has 1 unspecified atom stereocenters. The van der Waals surface area contributed by atoms with Gasteiger partial charge in [-0.05, 0) is 38.0 Å². The normalized spacial score (nSPS) is 22.9. The van der Waals surface area contributed by atoms with Crippen LogP contribution in [0.25, 0.3) is 0 Å². The Kier molecular flexibility index (Phi) is 2.24. The zero-order valence-electron chi connectivity index (χ0n) is 8.91. The first-order chi connectivity index (χ1) is 6.70. The number of nitrogens with zero attached hydrogens (tertiary/aromatic N) is 1. The minimum atomic E-state index is 0.398. The van der Waals surface area contributed by atoms with Crippen LogP contribution in [0.3, 0.4) is 0 Å². The van der Waals surface area contributed by atoms with Crippen molar-refractivity contribution in [3.05, 3.63) is 47.2 Å². The van der Waals surface area contributed by atoms with Gasteiger partial charge in [0.15, 0.2) is 0 Å². The zero-order chi connectivity index (χ0) is 10.1. The monoisotopic (exact) mass is 185 g/mol. The predicted octanol–water partition coefficient (Wildman–Crippen LogP) is 3.42. The summed E-state index contributed by atoms with van der Waals surface area (Å²) in [4.78, 5) is 4.42. The van der Waals surface area contributed by atoms with Crippen molar-refractivity contribution in [3.8, 4) is 0 Å². The molecule has 0 N–H and O–H groups in total. The van der Waals surface area contributed by atoms with Crippen LogP contribution >= 0.6 is 0 Å². The molecule has 1 aliphatic carbocycles. The van der Waals surface area contributed by atoms with Crippen LogP contribution < -0.4 is 0 Å². The number of hydrogen-bond donors (Lipinski definition) is 0. The van der Waals surface area contributed by atoms with Crippen LogP contribution in [-0.4, -0.2) is 5.71 Å². The van der Waals surface area contributed by atoms with E-state index in [1.807, 2.05) is 12.3 Å². The molecule has 1 atom stereocenters. The Hall–Kier alpha value is -1.37. The summed E-state index contributed by atoms with van der Waals surface area (Å²) < 4.78 is 0. The maximum Gasteiger partial charge on any atom is 0.0517 e. The molecule has 0 radical (unpaired) electrons. The van der Waals surface area contributed by atoms with Gasteiger partial charge in [0.1, 0.15) is 0 Å². The first-order valence-electron chi connectivity index (χ1n) is 4.97. The summed E-state index contributed by atoms with van der Waals surface area (Å²) in [7, 11) is 0. The summed E-state index contributed by atoms with van der Waals surface area (Å²) in [5.41, 5.74) is 5.26. The van der Waals surface area contributed by atoms with Gasteiger partial charge in [0.25, 0.3) is 0 Å². The van der Waals surface area contributed by atoms with Gasteiger partial charge in [-0.25, -0.2) is 0 Å². The van der Waals surface area contributed by atoms with Gasteiger partial charge >= 0.3 is 0 Å². The minimum absolute atomic E-state index is 0.398. The van der Waals surface area contributed by atoms with E-state index in [1.54, 1.807) is 0 Å². The minimum Gasteiger partial charge on any atom is -0.260 e. The third-order valence-corrected chi connectivity index (χ3v) is 2.87. The third-order valence-electron chi connectivity index (χ3n) is 2.87. The van der Waals surface area contributed by atoms with Crippen LogP contribution in [0.4, 0.5) is 0 Å². The summed E-state index contributed by atoms with van der Waals surface area (Å²) in [5, 5.41) is 0. The number of rotatable bonds is 1. The fourth-order valence-corrected chi connectivity index (χ4v) is 1.76. The maximum absolute atomic E-state index is 4.42. The lowest BCUT2D eigenvalue weighted by Crippen LogP contribution is -2.11. The van der Waals surface area contributed by atoms with E-state index in [0.29, 0.717) is 5.92 Å². The summed E-state index contributed by atoms with van der Waals surface area (Å²) in [6.07, 6.45) is 10.4. The fourth-order valence-electron chi connectivity index (χ4n) is 1.76. The average molecular weight is 185 g/mol. The highest BCUT2D eigenvalue weighted by molar-refractivity contribution is 6.03. The van der Waals surface area contributed by atoms with Gasteiger partial charge in [0.05, 0.1) is 5.71 Å². The fraction of sp³-hybridized carbons (Fsp3) is 0.308. The molecule has 0 saturated carbocycles. The third kappa shape index (κ3) is 1.39. The molecule has 0 aromatic heterocycles. The van der Waals surface area contributed by atoms with Gasteiger partial charge in [-0.15, -0.1) is 0 Å². The molecule has 2 aliphatic rings. The Bertz CT molecular complexity index is 399. The second-order valence-electron chi connectivity index (χ2n) is 3.99. The second kappa shape index (κ2) is 3.41. The molecule has 1 nitrogen and oxygen atoms in total. The molecular formula is C13H15N. The van der Waals surface area contributed by atoms with E-state index in [0.717, 1.165) is 0 Å². The summed E-state index contributed by atoms with van der Waals surface area (Å²) in [5.74, 6) is 0.398. The molecule has 72 valence electrons. The zero-order valence-corrected chi connectivity index (χ0v) is 8.91. The largest absolute Gasteiger partial charge is 0.260 e. The van der Waals surface area contributed by atoms with E-state index >= 15 is 0 Å². The number of fused-ring (bicyclic) bond motifs is 1. The van der Waals surface area contributed by atoms with E-state index in [4.69, 9.17) is 0 Å². The number of aliphatic imine (C=N–C) groups is 1. The van der Waals surface area contributed by atoms with Gasteiger partial charge in [-0.2, -0.15) is 0 Å². The van der Waals surface area contributed by atoms with Gasteiger partial charge in [0.2, 0.25) is 0 Å². The molecule has 2 rings (SSSR count). The van der Waals surface area contributed by atoms with Crippen molar-refractivity contribution in [1.82, 2.24) is 0 Å². The van der Waals surface area contributed by atoms with Crippen molar-refractivity contribution >= 4 is 5.71 Å². The number of hydrogen-bond acceptors (Lipinski definition) is 1. The van der Waals surface area contributed by atoms with Gasteiger partial charge in [-0.1, -0.05) is 23.8 Å². The van der Waals surface area contributed by atoms with Crippen molar-refractivity contribution in [2.24, 2.45) is 10.9 Å². The lowest BCUT2D eigenvalue weighted by Gasteiger charge is -2.15. The number of allylic oxidation sites excluding steroid dienone is 7. The lowest BCUT2D eigenvalue weighted by molar-refractivity contribution is 1.04. The smallest absolute Gasteiger partial charge is 0.0517 e. The van der Waals surface area contributed by atoms with Crippen LogP contribution in [0.2, 0.25) is 0 Å². The van der Waals surface area contributed by atoms with Crippen LogP contribution in [-0.2, 0) is 0 Å². The Labute approximate surface area is 85.2 Å². The van der Waals surface area contributed by atoms with Crippen molar-refractivity contribution in [1.29, 1.82) is 0 Å². The molecule has 0 amide bonds. The van der Waals surface area contributed by atoms with Crippen molar-refractivity contribution in [3.63, 3.8) is 0 Å². The Morgan fingerprint density at radius 3 is 2.71 bits per heavy atom. The first kappa shape index (κ1) is 9.20. The highest BCUT2D eigenvalue weighted by atomic mass is 14.8. The highest BCUT2D eigenvalue weighted by Crippen LogP contribution is 2.31. The molecule has 0 bridgehead atoms. The second-order valence-corrected chi connectivity index (χ2v) is 3.99. The quantitative estimate of drug-likeness (QED) is 0.593. The van der Waals surface area contributed by atoms with Crippen LogP contribution in [0.5, 0.6) is 0 Å². The molecule has 14 heavy (non-hydrogen) atoms. The molecular weight excluding hydrogens is 170 g/mol. The van der Waals surface area contributed by atoms with Crippen LogP contribution in [0.1, 0.15) is 20.8 Å². The maximum atomic E-state index is 4.42. The molecule has 0 saturated heterocycles. The predicted molar refractivity (Wildman–Crippen MR) is 61.3 cm³/mol. The first-order valence-corrected chi connectivity index (χ1v) is 4.97. The molecule has 0 aromatic carbocycles. The standard InChI is InChI=1S/C13H15N/c1-9(2)10(3)12-8-14-13-7-5-4-6-11(12)13/h4-8,11H,1-3H3. The summed E-state index contributed by atoms with van der Waals surface area (Å²) in [6.45, 7) is 6.47. The summed E-state index contributed by atoms with van der Waals surface area (Å²) >= 11 is 0. The van der Waals surface area contributed by atoms with Gasteiger partial charge in [-0.3, -0.25) is 4.99 Å². The van der Waals surface area contributed by atoms with Gasteiger partial charge in [0, 0.05) is 12.1 Å². The molecule has 1 aliphatic heterocycles. The SMILES string of the molecule is CC(C)=C(C)C1=CN=C2C=CC=CC12.